The number of carbonyl (C=O) groups excluding carboxylic acids is 1. The molecule has 0 aliphatic carbocycles. The third-order valence-corrected chi connectivity index (χ3v) is 6.50. The summed E-state index contributed by atoms with van der Waals surface area (Å²) in [5.41, 5.74) is 3.12. The number of aliphatic carboxylic acids is 1. The molecule has 0 aliphatic heterocycles. The van der Waals surface area contributed by atoms with Crippen molar-refractivity contribution in [2.45, 2.75) is 25.8 Å². The maximum atomic E-state index is 11.3. The van der Waals surface area contributed by atoms with E-state index in [4.69, 9.17) is 0 Å². The van der Waals surface area contributed by atoms with Gasteiger partial charge in [0.2, 0.25) is 5.91 Å². The lowest BCUT2D eigenvalue weighted by atomic mass is 10.0. The standard InChI is InChI=1S/C18H16I3NO4/c1-9(23)22-16(18(25)26)8-11-6-13(19)12(14(20)7-11)4-10-2-3-17(24)15(21)5-10/h2-3,5-7,16,24H,4,8H2,1H3,(H,22,23)(H,25,26). The van der Waals surface area contributed by atoms with Crippen molar-refractivity contribution < 1.29 is 19.8 Å². The summed E-state index contributed by atoms with van der Waals surface area (Å²) in [6.07, 6.45) is 0.958. The second kappa shape index (κ2) is 9.53. The number of phenolic OH excluding ortho intramolecular Hbond substituents is 1. The highest BCUT2D eigenvalue weighted by Crippen LogP contribution is 2.27. The van der Waals surface area contributed by atoms with Gasteiger partial charge in [-0.2, -0.15) is 0 Å². The zero-order chi connectivity index (χ0) is 19.4. The summed E-state index contributed by atoms with van der Waals surface area (Å²) in [5, 5.41) is 21.4. The molecule has 0 spiro atoms. The predicted molar refractivity (Wildman–Crippen MR) is 124 cm³/mol. The van der Waals surface area contributed by atoms with E-state index in [0.717, 1.165) is 33.8 Å². The molecule has 0 saturated carbocycles. The van der Waals surface area contributed by atoms with Crippen molar-refractivity contribution in [2.24, 2.45) is 0 Å². The van der Waals surface area contributed by atoms with Crippen molar-refractivity contribution in [1.82, 2.24) is 5.32 Å². The maximum Gasteiger partial charge on any atom is 0.326 e. The molecule has 2 aromatic rings. The van der Waals surface area contributed by atoms with E-state index in [1.54, 1.807) is 6.07 Å². The molecule has 8 heteroatoms. The molecule has 2 rings (SSSR count). The molecule has 0 fully saturated rings. The number of phenols is 1. The Morgan fingerprint density at radius 3 is 2.12 bits per heavy atom. The predicted octanol–water partition coefficient (Wildman–Crippen LogP) is 3.93. The minimum atomic E-state index is -1.05. The fraction of sp³-hybridized carbons (Fsp3) is 0.222. The lowest BCUT2D eigenvalue weighted by Gasteiger charge is -2.16. The molecule has 1 unspecified atom stereocenters. The van der Waals surface area contributed by atoms with Crippen molar-refractivity contribution in [1.29, 1.82) is 0 Å². The van der Waals surface area contributed by atoms with Crippen molar-refractivity contribution in [3.8, 4) is 5.75 Å². The molecule has 0 saturated heterocycles. The third kappa shape index (κ3) is 5.94. The van der Waals surface area contributed by atoms with Crippen LogP contribution in [0.2, 0.25) is 0 Å². The molecule has 5 nitrogen and oxygen atoms in total. The van der Waals surface area contributed by atoms with Gasteiger partial charge in [0.25, 0.3) is 0 Å². The number of hydrogen-bond acceptors (Lipinski definition) is 3. The van der Waals surface area contributed by atoms with Gasteiger partial charge < -0.3 is 15.5 Å². The zero-order valence-electron chi connectivity index (χ0n) is 13.7. The van der Waals surface area contributed by atoms with E-state index in [9.17, 15) is 19.8 Å². The number of nitrogens with one attached hydrogen (secondary N) is 1. The summed E-state index contributed by atoms with van der Waals surface area (Å²) >= 11 is 6.61. The number of rotatable bonds is 6. The van der Waals surface area contributed by atoms with Crippen molar-refractivity contribution in [2.75, 3.05) is 0 Å². The summed E-state index contributed by atoms with van der Waals surface area (Å²) in [6.45, 7) is 1.31. The van der Waals surface area contributed by atoms with Gasteiger partial charge in [0.15, 0.2) is 0 Å². The Kier molecular flexibility index (Phi) is 7.94. The largest absolute Gasteiger partial charge is 0.507 e. The van der Waals surface area contributed by atoms with E-state index in [1.807, 2.05) is 24.3 Å². The second-order valence-corrected chi connectivity index (χ2v) is 9.28. The van der Waals surface area contributed by atoms with E-state index in [1.165, 1.54) is 6.92 Å². The summed E-state index contributed by atoms with van der Waals surface area (Å²) in [5.74, 6) is -1.14. The van der Waals surface area contributed by atoms with Crippen LogP contribution in [0.1, 0.15) is 23.6 Å². The van der Waals surface area contributed by atoms with Crippen LogP contribution in [-0.4, -0.2) is 28.1 Å². The van der Waals surface area contributed by atoms with Gasteiger partial charge in [-0.15, -0.1) is 0 Å². The number of aromatic hydroxyl groups is 1. The van der Waals surface area contributed by atoms with Gasteiger partial charge >= 0.3 is 5.97 Å². The Morgan fingerprint density at radius 2 is 1.62 bits per heavy atom. The lowest BCUT2D eigenvalue weighted by Crippen LogP contribution is -2.41. The maximum absolute atomic E-state index is 11.3. The molecule has 0 heterocycles. The Labute approximate surface area is 192 Å². The number of hydrogen-bond donors (Lipinski definition) is 3. The summed E-state index contributed by atoms with van der Waals surface area (Å²) < 4.78 is 2.89. The normalized spacial score (nSPS) is 11.8. The number of carboxylic acid groups (broad SMARTS) is 1. The van der Waals surface area contributed by atoms with Gasteiger partial charge in [0, 0.05) is 20.5 Å². The summed E-state index contributed by atoms with van der Waals surface area (Å²) in [6, 6.07) is 8.52. The van der Waals surface area contributed by atoms with Gasteiger partial charge in [0.1, 0.15) is 11.8 Å². The van der Waals surface area contributed by atoms with E-state index in [-0.39, 0.29) is 18.1 Å². The average molecular weight is 691 g/mol. The fourth-order valence-corrected chi connectivity index (χ4v) is 5.35. The second-order valence-electron chi connectivity index (χ2n) is 5.80. The molecule has 0 aromatic heterocycles. The molecule has 0 bridgehead atoms. The molecule has 0 aliphatic rings. The monoisotopic (exact) mass is 691 g/mol. The molecular formula is C18H16I3NO4. The van der Waals surface area contributed by atoms with Gasteiger partial charge in [-0.25, -0.2) is 4.79 Å². The Hall–Kier alpha value is -0.630. The SMILES string of the molecule is CC(=O)NC(Cc1cc(I)c(Cc2ccc(O)c(I)c2)c(I)c1)C(=O)O. The molecule has 3 N–H and O–H groups in total. The highest BCUT2D eigenvalue weighted by Gasteiger charge is 2.20. The highest BCUT2D eigenvalue weighted by molar-refractivity contribution is 14.1. The number of carboxylic acids is 1. The van der Waals surface area contributed by atoms with Crippen LogP contribution in [0.5, 0.6) is 5.75 Å². The highest BCUT2D eigenvalue weighted by atomic mass is 127. The lowest BCUT2D eigenvalue weighted by molar-refractivity contribution is -0.141. The van der Waals surface area contributed by atoms with Crippen LogP contribution in [0.25, 0.3) is 0 Å². The van der Waals surface area contributed by atoms with E-state index in [0.29, 0.717) is 0 Å². The van der Waals surface area contributed by atoms with Crippen LogP contribution in [0, 0.1) is 10.7 Å². The van der Waals surface area contributed by atoms with Crippen molar-refractivity contribution in [3.63, 3.8) is 0 Å². The van der Waals surface area contributed by atoms with E-state index < -0.39 is 12.0 Å². The molecular weight excluding hydrogens is 675 g/mol. The van der Waals surface area contributed by atoms with E-state index in [2.05, 4.69) is 73.1 Å². The first-order valence-electron chi connectivity index (χ1n) is 7.61. The summed E-state index contributed by atoms with van der Waals surface area (Å²) in [7, 11) is 0. The topological polar surface area (TPSA) is 86.6 Å². The van der Waals surface area contributed by atoms with Crippen molar-refractivity contribution in [3.05, 3.63) is 57.7 Å². The zero-order valence-corrected chi connectivity index (χ0v) is 20.2. The summed E-state index contributed by atoms with van der Waals surface area (Å²) in [4.78, 5) is 22.5. The van der Waals surface area contributed by atoms with Gasteiger partial charge in [-0.3, -0.25) is 4.79 Å². The first-order valence-corrected chi connectivity index (χ1v) is 10.8. The molecule has 1 amide bonds. The van der Waals surface area contributed by atoms with Crippen molar-refractivity contribution >= 4 is 79.6 Å². The molecule has 0 radical (unpaired) electrons. The Morgan fingerprint density at radius 1 is 1.04 bits per heavy atom. The van der Waals surface area contributed by atoms with Gasteiger partial charge in [-0.1, -0.05) is 6.07 Å². The van der Waals surface area contributed by atoms with Crippen LogP contribution in [-0.2, 0) is 22.4 Å². The number of halogens is 3. The van der Waals surface area contributed by atoms with E-state index >= 15 is 0 Å². The number of amides is 1. The quantitative estimate of drug-likeness (QED) is 0.402. The van der Waals surface area contributed by atoms with Crippen LogP contribution >= 0.6 is 67.8 Å². The van der Waals surface area contributed by atoms with Crippen LogP contribution < -0.4 is 5.32 Å². The first-order chi connectivity index (χ1) is 12.2. The van der Waals surface area contributed by atoms with Crippen LogP contribution in [0.4, 0.5) is 0 Å². The smallest absolute Gasteiger partial charge is 0.326 e. The average Bonchev–Trinajstić information content (AvgIpc) is 2.53. The molecule has 2 aromatic carbocycles. The van der Waals surface area contributed by atoms with Crippen LogP contribution in [0.3, 0.4) is 0 Å². The Bertz CT molecular complexity index is 831. The van der Waals surface area contributed by atoms with Crippen LogP contribution in [0.15, 0.2) is 30.3 Å². The molecule has 1 atom stereocenters. The Balaban J connectivity index is 2.25. The minimum Gasteiger partial charge on any atom is -0.507 e. The van der Waals surface area contributed by atoms with Gasteiger partial charge in [-0.05, 0) is 115 Å². The fourth-order valence-electron chi connectivity index (χ4n) is 2.49. The third-order valence-electron chi connectivity index (χ3n) is 3.71. The molecule has 138 valence electrons. The van der Waals surface area contributed by atoms with Gasteiger partial charge in [0.05, 0.1) is 3.57 Å². The number of benzene rings is 2. The first kappa shape index (κ1) is 21.7. The molecule has 26 heavy (non-hydrogen) atoms. The number of carbonyl (C=O) groups is 2. The minimum absolute atomic E-state index is 0.234.